The number of esters is 1. The van der Waals surface area contributed by atoms with Gasteiger partial charge in [0, 0.05) is 22.1 Å². The first kappa shape index (κ1) is 16.2. The normalized spacial score (nSPS) is 18.6. The van der Waals surface area contributed by atoms with E-state index in [1.54, 1.807) is 30.3 Å². The fourth-order valence-electron chi connectivity index (χ4n) is 4.99. The maximum atomic E-state index is 13.2. The van der Waals surface area contributed by atoms with Crippen LogP contribution < -0.4 is 0 Å². The second-order valence-electron chi connectivity index (χ2n) is 7.64. The van der Waals surface area contributed by atoms with Crippen molar-refractivity contribution in [3.8, 4) is 22.6 Å². The highest BCUT2D eigenvalue weighted by Crippen LogP contribution is 2.58. The Balaban J connectivity index is 1.85. The van der Waals surface area contributed by atoms with E-state index >= 15 is 0 Å². The van der Waals surface area contributed by atoms with Gasteiger partial charge in [-0.2, -0.15) is 0 Å². The van der Waals surface area contributed by atoms with Gasteiger partial charge < -0.3 is 14.9 Å². The summed E-state index contributed by atoms with van der Waals surface area (Å²) in [5.74, 6) is -0.0991. The van der Waals surface area contributed by atoms with Crippen molar-refractivity contribution in [3.05, 3.63) is 94.5 Å². The van der Waals surface area contributed by atoms with Gasteiger partial charge in [-0.15, -0.1) is 0 Å². The lowest BCUT2D eigenvalue weighted by Gasteiger charge is -2.37. The van der Waals surface area contributed by atoms with Crippen molar-refractivity contribution in [2.24, 2.45) is 0 Å². The molecule has 0 amide bonds. The smallest absolute Gasteiger partial charge is 0.340 e. The monoisotopic (exact) mass is 380 g/mol. The van der Waals surface area contributed by atoms with Crippen molar-refractivity contribution in [1.29, 1.82) is 0 Å². The first-order valence-electron chi connectivity index (χ1n) is 9.45. The van der Waals surface area contributed by atoms with Crippen molar-refractivity contribution in [1.82, 2.24) is 0 Å². The molecule has 0 radical (unpaired) electrons. The largest absolute Gasteiger partial charge is 0.508 e. The molecule has 4 aromatic rings. The van der Waals surface area contributed by atoms with Crippen LogP contribution in [-0.2, 0) is 10.3 Å². The molecule has 2 aliphatic rings. The van der Waals surface area contributed by atoms with E-state index in [1.165, 1.54) is 0 Å². The Morgan fingerprint density at radius 3 is 2.41 bits per heavy atom. The lowest BCUT2D eigenvalue weighted by Crippen LogP contribution is -2.36. The Morgan fingerprint density at radius 1 is 0.828 bits per heavy atom. The number of hydrogen-bond acceptors (Lipinski definition) is 4. The summed E-state index contributed by atoms with van der Waals surface area (Å²) < 4.78 is 6.24. The van der Waals surface area contributed by atoms with Crippen LogP contribution >= 0.6 is 0 Å². The minimum atomic E-state index is -1.12. The second-order valence-corrected chi connectivity index (χ2v) is 7.64. The molecule has 0 saturated carbocycles. The second kappa shape index (κ2) is 5.17. The number of carbonyl (C=O) groups excluding carboxylic acids is 1. The highest BCUT2D eigenvalue weighted by atomic mass is 16.6. The summed E-state index contributed by atoms with van der Waals surface area (Å²) in [4.78, 5) is 13.2. The standard InChI is InChI=1S/C25H16O4/c1-13-21(27)11-10-20-22(13)17-12-15(26)8-9-18(17)25(20)19-7-3-5-14-4-2-6-16(23(14)19)24(28)29-25/h2-12,26-27H,1H3. The third-order valence-corrected chi connectivity index (χ3v) is 6.22. The maximum Gasteiger partial charge on any atom is 0.340 e. The Kier molecular flexibility index (Phi) is 2.89. The quantitative estimate of drug-likeness (QED) is 0.421. The Hall–Kier alpha value is -3.79. The van der Waals surface area contributed by atoms with E-state index in [-0.39, 0.29) is 17.5 Å². The first-order valence-corrected chi connectivity index (χ1v) is 9.45. The van der Waals surface area contributed by atoms with Crippen LogP contribution in [0.15, 0.2) is 66.7 Å². The summed E-state index contributed by atoms with van der Waals surface area (Å²) in [5.41, 5.74) is 4.14. The molecule has 0 fully saturated rings. The van der Waals surface area contributed by atoms with Gasteiger partial charge in [0.25, 0.3) is 0 Å². The zero-order valence-electron chi connectivity index (χ0n) is 15.6. The molecule has 0 bridgehead atoms. The van der Waals surface area contributed by atoms with Crippen LogP contribution in [0, 0.1) is 6.92 Å². The van der Waals surface area contributed by atoms with E-state index in [0.29, 0.717) is 11.1 Å². The molecule has 29 heavy (non-hydrogen) atoms. The number of phenolic OH excluding ortho intramolecular Hbond substituents is 2. The van der Waals surface area contributed by atoms with Crippen molar-refractivity contribution < 1.29 is 19.7 Å². The van der Waals surface area contributed by atoms with Crippen molar-refractivity contribution in [2.75, 3.05) is 0 Å². The molecule has 4 nitrogen and oxygen atoms in total. The Labute approximate surface area is 166 Å². The van der Waals surface area contributed by atoms with E-state index in [9.17, 15) is 15.0 Å². The molecule has 4 aromatic carbocycles. The van der Waals surface area contributed by atoms with Crippen molar-refractivity contribution in [2.45, 2.75) is 12.5 Å². The number of fused-ring (bicyclic) bond motifs is 6. The number of ether oxygens (including phenoxy) is 1. The minimum absolute atomic E-state index is 0.121. The number of carbonyl (C=O) groups is 1. The number of phenols is 2. The van der Waals surface area contributed by atoms with E-state index < -0.39 is 5.60 Å². The van der Waals surface area contributed by atoms with Crippen LogP contribution in [0.2, 0.25) is 0 Å². The molecule has 1 heterocycles. The molecule has 4 heteroatoms. The molecular formula is C25H16O4. The number of hydrogen-bond donors (Lipinski definition) is 2. The molecule has 2 N–H and O–H groups in total. The number of aromatic hydroxyl groups is 2. The van der Waals surface area contributed by atoms with Gasteiger partial charge in [0.1, 0.15) is 11.5 Å². The molecule has 1 unspecified atom stereocenters. The molecule has 0 saturated heterocycles. The average Bonchev–Trinajstić information content (AvgIpc) is 2.98. The van der Waals surface area contributed by atoms with Crippen LogP contribution in [0.5, 0.6) is 11.5 Å². The molecule has 1 atom stereocenters. The lowest BCUT2D eigenvalue weighted by atomic mass is 9.78. The van der Waals surface area contributed by atoms with Crippen molar-refractivity contribution >= 4 is 16.7 Å². The summed E-state index contributed by atoms with van der Waals surface area (Å²) in [6.07, 6.45) is 0. The molecule has 140 valence electrons. The number of rotatable bonds is 0. The van der Waals surface area contributed by atoms with Crippen LogP contribution in [0.25, 0.3) is 21.9 Å². The topological polar surface area (TPSA) is 66.8 Å². The van der Waals surface area contributed by atoms with Gasteiger partial charge in [0.15, 0.2) is 5.60 Å². The predicted molar refractivity (Wildman–Crippen MR) is 109 cm³/mol. The zero-order valence-corrected chi connectivity index (χ0v) is 15.6. The van der Waals surface area contributed by atoms with Crippen LogP contribution in [0.4, 0.5) is 0 Å². The fourth-order valence-corrected chi connectivity index (χ4v) is 4.99. The van der Waals surface area contributed by atoms with Crippen LogP contribution in [0.3, 0.4) is 0 Å². The van der Waals surface area contributed by atoms with E-state index in [4.69, 9.17) is 4.74 Å². The summed E-state index contributed by atoms with van der Waals surface area (Å²) >= 11 is 0. The fraction of sp³-hybridized carbons (Fsp3) is 0.0800. The summed E-state index contributed by atoms with van der Waals surface area (Å²) in [7, 11) is 0. The summed E-state index contributed by atoms with van der Waals surface area (Å²) in [5, 5.41) is 22.4. The molecular weight excluding hydrogens is 364 g/mol. The summed E-state index contributed by atoms with van der Waals surface area (Å²) in [6.45, 7) is 1.83. The highest BCUT2D eigenvalue weighted by molar-refractivity contribution is 6.10. The van der Waals surface area contributed by atoms with Crippen molar-refractivity contribution in [3.63, 3.8) is 0 Å². The maximum absolute atomic E-state index is 13.2. The number of benzene rings is 4. The van der Waals surface area contributed by atoms with Gasteiger partial charge in [-0.3, -0.25) is 0 Å². The van der Waals surface area contributed by atoms with Gasteiger partial charge in [-0.25, -0.2) is 4.79 Å². The Morgan fingerprint density at radius 2 is 1.59 bits per heavy atom. The van der Waals surface area contributed by atoms with Crippen LogP contribution in [0.1, 0.15) is 32.6 Å². The predicted octanol–water partition coefficient (Wildman–Crippen LogP) is 5.00. The van der Waals surface area contributed by atoms with Gasteiger partial charge in [0.2, 0.25) is 0 Å². The molecule has 6 rings (SSSR count). The van der Waals surface area contributed by atoms with Crippen LogP contribution in [-0.4, -0.2) is 16.2 Å². The SMILES string of the molecule is Cc1c(O)ccc2c1-c1cc(O)ccc1C21OC(=O)c2cccc3cccc1c23. The van der Waals surface area contributed by atoms with E-state index in [1.807, 2.05) is 43.3 Å². The first-order chi connectivity index (χ1) is 14.0. The van der Waals surface area contributed by atoms with Gasteiger partial charge in [-0.05, 0) is 59.3 Å². The Bertz CT molecular complexity index is 1380. The van der Waals surface area contributed by atoms with Gasteiger partial charge in [0.05, 0.1) is 5.56 Å². The average molecular weight is 380 g/mol. The summed E-state index contributed by atoms with van der Waals surface area (Å²) in [6, 6.07) is 20.1. The molecule has 1 aliphatic carbocycles. The zero-order chi connectivity index (χ0) is 19.9. The molecule has 1 aliphatic heterocycles. The third-order valence-electron chi connectivity index (χ3n) is 6.22. The highest BCUT2D eigenvalue weighted by Gasteiger charge is 2.52. The van der Waals surface area contributed by atoms with Gasteiger partial charge >= 0.3 is 5.97 Å². The molecule has 1 spiro atoms. The van der Waals surface area contributed by atoms with E-state index in [0.717, 1.165) is 38.6 Å². The van der Waals surface area contributed by atoms with Gasteiger partial charge in [-0.1, -0.05) is 36.4 Å². The third kappa shape index (κ3) is 1.81. The minimum Gasteiger partial charge on any atom is -0.508 e. The lowest BCUT2D eigenvalue weighted by molar-refractivity contribution is 0.0140. The molecule has 0 aromatic heterocycles. The van der Waals surface area contributed by atoms with E-state index in [2.05, 4.69) is 0 Å².